The van der Waals surface area contributed by atoms with E-state index in [2.05, 4.69) is 4.74 Å². The molecule has 0 fully saturated rings. The molecule has 146 valence electrons. The standard InChI is InChI=1S/C20H16F2O5S/c1-11-12-6-3-4-9-16(12)28-18(11)14(23)10-26-19(24)13-7-5-8-15(25-2)17(13)27-20(21)22/h3-9,20H,10H2,1-2H3. The fraction of sp³-hybridized carbons (Fsp3) is 0.200. The van der Waals surface area contributed by atoms with E-state index in [1.54, 1.807) is 0 Å². The third-order valence-electron chi connectivity index (χ3n) is 4.06. The molecule has 0 atom stereocenters. The van der Waals surface area contributed by atoms with Crippen LogP contribution in [0.25, 0.3) is 10.1 Å². The Morgan fingerprint density at radius 1 is 1.11 bits per heavy atom. The number of halogens is 2. The van der Waals surface area contributed by atoms with E-state index in [-0.39, 0.29) is 17.1 Å². The van der Waals surface area contributed by atoms with E-state index in [1.165, 1.54) is 36.6 Å². The van der Waals surface area contributed by atoms with Gasteiger partial charge in [0.05, 0.1) is 12.0 Å². The van der Waals surface area contributed by atoms with E-state index in [0.29, 0.717) is 4.88 Å². The van der Waals surface area contributed by atoms with E-state index in [4.69, 9.17) is 9.47 Å². The molecule has 8 heteroatoms. The Labute approximate surface area is 163 Å². The second-order valence-electron chi connectivity index (χ2n) is 5.77. The van der Waals surface area contributed by atoms with Crippen LogP contribution in [0, 0.1) is 6.92 Å². The highest BCUT2D eigenvalue weighted by Crippen LogP contribution is 2.33. The lowest BCUT2D eigenvalue weighted by atomic mass is 10.1. The van der Waals surface area contributed by atoms with Gasteiger partial charge in [-0.05, 0) is 36.1 Å². The van der Waals surface area contributed by atoms with Crippen molar-refractivity contribution < 1.29 is 32.6 Å². The van der Waals surface area contributed by atoms with Gasteiger partial charge >= 0.3 is 12.6 Å². The van der Waals surface area contributed by atoms with Crippen LogP contribution in [0.3, 0.4) is 0 Å². The predicted molar refractivity (Wildman–Crippen MR) is 101 cm³/mol. The molecule has 0 amide bonds. The Hall–Kier alpha value is -3.00. The third kappa shape index (κ3) is 3.96. The minimum atomic E-state index is -3.15. The Kier molecular flexibility index (Phi) is 5.89. The van der Waals surface area contributed by atoms with Crippen LogP contribution in [0.15, 0.2) is 42.5 Å². The lowest BCUT2D eigenvalue weighted by Gasteiger charge is -2.13. The highest BCUT2D eigenvalue weighted by molar-refractivity contribution is 7.21. The number of ketones is 1. The number of para-hydroxylation sites is 1. The number of aryl methyl sites for hydroxylation is 1. The van der Waals surface area contributed by atoms with Gasteiger partial charge in [0.25, 0.3) is 0 Å². The maximum atomic E-state index is 12.7. The number of hydrogen-bond acceptors (Lipinski definition) is 6. The normalized spacial score (nSPS) is 10.9. The van der Waals surface area contributed by atoms with Crippen molar-refractivity contribution >= 4 is 33.2 Å². The van der Waals surface area contributed by atoms with E-state index in [1.807, 2.05) is 31.2 Å². The molecule has 0 spiro atoms. The summed E-state index contributed by atoms with van der Waals surface area (Å²) in [6.07, 6.45) is 0. The number of Topliss-reactive ketones (excluding diaryl/α,β-unsaturated/α-hetero) is 1. The van der Waals surface area contributed by atoms with Crippen LogP contribution in [-0.4, -0.2) is 32.1 Å². The van der Waals surface area contributed by atoms with Crippen molar-refractivity contribution in [2.24, 2.45) is 0 Å². The molecule has 0 unspecified atom stereocenters. The summed E-state index contributed by atoms with van der Waals surface area (Å²) in [4.78, 5) is 25.4. The lowest BCUT2D eigenvalue weighted by Crippen LogP contribution is -2.16. The molecule has 0 bridgehead atoms. The minimum Gasteiger partial charge on any atom is -0.493 e. The van der Waals surface area contributed by atoms with Crippen molar-refractivity contribution in [1.29, 1.82) is 0 Å². The van der Waals surface area contributed by atoms with Gasteiger partial charge in [-0.2, -0.15) is 8.78 Å². The molecule has 0 aliphatic rings. The summed E-state index contributed by atoms with van der Waals surface area (Å²) in [6.45, 7) is -1.84. The molecule has 0 radical (unpaired) electrons. The molecule has 1 aromatic heterocycles. The predicted octanol–water partition coefficient (Wildman–Crippen LogP) is 4.86. The minimum absolute atomic E-state index is 0.0403. The molecule has 0 aliphatic heterocycles. The zero-order chi connectivity index (χ0) is 20.3. The smallest absolute Gasteiger partial charge is 0.387 e. The van der Waals surface area contributed by atoms with Gasteiger partial charge in [-0.25, -0.2) is 4.79 Å². The van der Waals surface area contributed by atoms with E-state index in [9.17, 15) is 18.4 Å². The highest BCUT2D eigenvalue weighted by atomic mass is 32.1. The maximum Gasteiger partial charge on any atom is 0.387 e. The number of fused-ring (bicyclic) bond motifs is 1. The van der Waals surface area contributed by atoms with E-state index < -0.39 is 24.9 Å². The van der Waals surface area contributed by atoms with Gasteiger partial charge in [0.1, 0.15) is 5.56 Å². The summed E-state index contributed by atoms with van der Waals surface area (Å²) < 4.78 is 40.7. The fourth-order valence-electron chi connectivity index (χ4n) is 2.76. The first-order valence-corrected chi connectivity index (χ1v) is 9.04. The summed E-state index contributed by atoms with van der Waals surface area (Å²) in [6, 6.07) is 11.6. The molecule has 3 aromatic rings. The summed E-state index contributed by atoms with van der Waals surface area (Å²) in [7, 11) is 1.26. The first-order valence-electron chi connectivity index (χ1n) is 8.22. The van der Waals surface area contributed by atoms with Crippen molar-refractivity contribution in [1.82, 2.24) is 0 Å². The molecule has 0 aliphatic carbocycles. The van der Waals surface area contributed by atoms with E-state index >= 15 is 0 Å². The molecule has 1 heterocycles. The van der Waals surface area contributed by atoms with Crippen LogP contribution in [0.2, 0.25) is 0 Å². The number of carbonyl (C=O) groups excluding carboxylic acids is 2. The van der Waals surface area contributed by atoms with Crippen LogP contribution in [0.5, 0.6) is 11.5 Å². The molecular formula is C20H16F2O5S. The van der Waals surface area contributed by atoms with Crippen LogP contribution < -0.4 is 9.47 Å². The van der Waals surface area contributed by atoms with Crippen LogP contribution in [0.4, 0.5) is 8.78 Å². The molecule has 28 heavy (non-hydrogen) atoms. The number of ether oxygens (including phenoxy) is 3. The molecular weight excluding hydrogens is 390 g/mol. The van der Waals surface area contributed by atoms with Crippen molar-refractivity contribution in [2.45, 2.75) is 13.5 Å². The zero-order valence-corrected chi connectivity index (χ0v) is 15.8. The van der Waals surface area contributed by atoms with Crippen molar-refractivity contribution in [2.75, 3.05) is 13.7 Å². The van der Waals surface area contributed by atoms with Crippen molar-refractivity contribution in [3.63, 3.8) is 0 Å². The number of thiophene rings is 1. The second-order valence-corrected chi connectivity index (χ2v) is 6.82. The number of esters is 1. The average molecular weight is 406 g/mol. The second kappa shape index (κ2) is 8.35. The first kappa shape index (κ1) is 19.8. The number of benzene rings is 2. The zero-order valence-electron chi connectivity index (χ0n) is 15.0. The van der Waals surface area contributed by atoms with Gasteiger partial charge in [0.2, 0.25) is 5.78 Å². The monoisotopic (exact) mass is 406 g/mol. The van der Waals surface area contributed by atoms with Crippen LogP contribution in [-0.2, 0) is 4.74 Å². The number of hydrogen-bond donors (Lipinski definition) is 0. The van der Waals surface area contributed by atoms with E-state index in [0.717, 1.165) is 15.6 Å². The van der Waals surface area contributed by atoms with Crippen LogP contribution >= 0.6 is 11.3 Å². The third-order valence-corrected chi connectivity index (χ3v) is 5.37. The Morgan fingerprint density at radius 2 is 1.86 bits per heavy atom. The molecule has 0 saturated carbocycles. The topological polar surface area (TPSA) is 61.8 Å². The van der Waals surface area contributed by atoms with Gasteiger partial charge in [-0.3, -0.25) is 4.79 Å². The molecule has 0 saturated heterocycles. The molecule has 3 rings (SSSR count). The number of methoxy groups -OCH3 is 1. The quantitative estimate of drug-likeness (QED) is 0.414. The molecule has 5 nitrogen and oxygen atoms in total. The average Bonchev–Trinajstić information content (AvgIpc) is 3.02. The summed E-state index contributed by atoms with van der Waals surface area (Å²) in [5.41, 5.74) is 0.560. The maximum absolute atomic E-state index is 12.7. The summed E-state index contributed by atoms with van der Waals surface area (Å²) in [5.74, 6) is -1.80. The SMILES string of the molecule is COc1cccc(C(=O)OCC(=O)c2sc3ccccc3c2C)c1OC(F)F. The highest BCUT2D eigenvalue weighted by Gasteiger charge is 2.23. The fourth-order valence-corrected chi connectivity index (χ4v) is 3.90. The van der Waals surface area contributed by atoms with Gasteiger partial charge in [-0.1, -0.05) is 24.3 Å². The molecule has 0 N–H and O–H groups in total. The van der Waals surface area contributed by atoms with Gasteiger partial charge in [-0.15, -0.1) is 11.3 Å². The Morgan fingerprint density at radius 3 is 2.54 bits per heavy atom. The summed E-state index contributed by atoms with van der Waals surface area (Å²) in [5, 5.41) is 0.961. The summed E-state index contributed by atoms with van der Waals surface area (Å²) >= 11 is 1.31. The number of rotatable bonds is 7. The lowest BCUT2D eigenvalue weighted by molar-refractivity contribution is -0.0518. The Balaban J connectivity index is 1.78. The van der Waals surface area contributed by atoms with Crippen molar-refractivity contribution in [3.05, 3.63) is 58.5 Å². The number of carbonyl (C=O) groups is 2. The van der Waals surface area contributed by atoms with Gasteiger partial charge in [0, 0.05) is 4.70 Å². The van der Waals surface area contributed by atoms with Crippen molar-refractivity contribution in [3.8, 4) is 11.5 Å². The Bertz CT molecular complexity index is 1030. The molecule has 2 aromatic carbocycles. The number of alkyl halides is 2. The van der Waals surface area contributed by atoms with Crippen LogP contribution in [0.1, 0.15) is 25.6 Å². The van der Waals surface area contributed by atoms with Gasteiger partial charge in [0.15, 0.2) is 18.1 Å². The first-order chi connectivity index (χ1) is 13.4. The largest absolute Gasteiger partial charge is 0.493 e. The van der Waals surface area contributed by atoms with Gasteiger partial charge < -0.3 is 14.2 Å².